The Kier molecular flexibility index (Phi) is 4.66. The highest BCUT2D eigenvalue weighted by atomic mass is 16.1. The minimum absolute atomic E-state index is 0.101. The number of carbonyl (C=O) groups is 1. The average molecular weight is 349 g/mol. The van der Waals surface area contributed by atoms with Crippen LogP contribution in [0, 0.1) is 6.92 Å². The number of nitrogens with one attached hydrogen (secondary N) is 2. The molecule has 8 heteroatoms. The van der Waals surface area contributed by atoms with E-state index in [4.69, 9.17) is 11.5 Å². The maximum atomic E-state index is 12.4. The van der Waals surface area contributed by atoms with E-state index in [1.807, 2.05) is 37.3 Å². The minimum Gasteiger partial charge on any atom is -0.369 e. The molecule has 2 aromatic heterocycles. The molecule has 0 fully saturated rings. The van der Waals surface area contributed by atoms with Crippen LogP contribution < -0.4 is 16.8 Å². The maximum Gasteiger partial charge on any atom is 0.273 e. The lowest BCUT2D eigenvalue weighted by molar-refractivity contribution is 0.102. The lowest BCUT2D eigenvalue weighted by Gasteiger charge is -2.03. The summed E-state index contributed by atoms with van der Waals surface area (Å²) in [6.07, 6.45) is 1.65. The number of benzene rings is 1. The number of pyridine rings is 1. The van der Waals surface area contributed by atoms with E-state index in [0.717, 1.165) is 22.0 Å². The number of aryl methyl sites for hydroxylation is 1. The molecule has 0 saturated carbocycles. The SMILES string of the molecule is C/C(=N\N=C(N)N)c1ccc2[nH]c(C(=O)Nc3cc(C)ccn3)cc2c1. The number of hydrogen-bond donors (Lipinski definition) is 4. The third kappa shape index (κ3) is 3.86. The van der Waals surface area contributed by atoms with Crippen LogP contribution in [0.5, 0.6) is 0 Å². The van der Waals surface area contributed by atoms with Crippen LogP contribution in [0.15, 0.2) is 52.8 Å². The van der Waals surface area contributed by atoms with Gasteiger partial charge in [0.25, 0.3) is 5.91 Å². The summed E-state index contributed by atoms with van der Waals surface area (Å²) < 4.78 is 0. The van der Waals surface area contributed by atoms with Gasteiger partial charge in [-0.1, -0.05) is 6.07 Å². The summed E-state index contributed by atoms with van der Waals surface area (Å²) in [5.41, 5.74) is 14.4. The van der Waals surface area contributed by atoms with Crippen LogP contribution >= 0.6 is 0 Å². The van der Waals surface area contributed by atoms with Gasteiger partial charge in [-0.05, 0) is 55.3 Å². The number of amides is 1. The average Bonchev–Trinajstić information content (AvgIpc) is 3.03. The summed E-state index contributed by atoms with van der Waals surface area (Å²) in [4.78, 5) is 19.7. The van der Waals surface area contributed by atoms with Crippen molar-refractivity contribution < 1.29 is 4.79 Å². The summed E-state index contributed by atoms with van der Waals surface area (Å²) in [7, 11) is 0. The van der Waals surface area contributed by atoms with Gasteiger partial charge in [0.1, 0.15) is 11.5 Å². The maximum absolute atomic E-state index is 12.4. The molecule has 132 valence electrons. The van der Waals surface area contributed by atoms with Gasteiger partial charge in [-0.15, -0.1) is 5.10 Å². The molecule has 0 spiro atoms. The number of hydrogen-bond acceptors (Lipinski definition) is 4. The van der Waals surface area contributed by atoms with E-state index < -0.39 is 0 Å². The first-order chi connectivity index (χ1) is 12.4. The number of nitrogens with two attached hydrogens (primary N) is 2. The minimum atomic E-state index is -0.258. The van der Waals surface area contributed by atoms with Crippen molar-refractivity contribution in [3.63, 3.8) is 0 Å². The zero-order chi connectivity index (χ0) is 18.7. The predicted molar refractivity (Wildman–Crippen MR) is 103 cm³/mol. The summed E-state index contributed by atoms with van der Waals surface area (Å²) in [6.45, 7) is 3.74. The Hall–Kier alpha value is -3.68. The molecule has 0 saturated heterocycles. The third-order valence-electron chi connectivity index (χ3n) is 3.76. The van der Waals surface area contributed by atoms with Crippen LogP contribution in [0.2, 0.25) is 0 Å². The number of aromatic amines is 1. The Balaban J connectivity index is 1.86. The highest BCUT2D eigenvalue weighted by Crippen LogP contribution is 2.19. The number of carbonyl (C=O) groups excluding carboxylic acids is 1. The number of nitrogens with zero attached hydrogens (tertiary/aromatic N) is 3. The Morgan fingerprint density at radius 1 is 1.15 bits per heavy atom. The second kappa shape index (κ2) is 7.06. The number of anilines is 1. The number of H-pyrrole nitrogens is 1. The topological polar surface area (TPSA) is 135 Å². The van der Waals surface area contributed by atoms with Gasteiger partial charge in [0.2, 0.25) is 5.96 Å². The smallest absolute Gasteiger partial charge is 0.273 e. The van der Waals surface area contributed by atoms with Crippen LogP contribution in [0.25, 0.3) is 10.9 Å². The van der Waals surface area contributed by atoms with Crippen molar-refractivity contribution >= 4 is 34.3 Å². The van der Waals surface area contributed by atoms with E-state index in [9.17, 15) is 4.79 Å². The van der Waals surface area contributed by atoms with E-state index in [1.165, 1.54) is 0 Å². The Labute approximate surface area is 150 Å². The number of fused-ring (bicyclic) bond motifs is 1. The number of aromatic nitrogens is 2. The molecule has 8 nitrogen and oxygen atoms in total. The van der Waals surface area contributed by atoms with E-state index in [-0.39, 0.29) is 11.9 Å². The van der Waals surface area contributed by atoms with E-state index in [2.05, 4.69) is 25.5 Å². The molecule has 3 aromatic rings. The largest absolute Gasteiger partial charge is 0.369 e. The first-order valence-corrected chi connectivity index (χ1v) is 7.93. The molecule has 0 aliphatic carbocycles. The number of guanidine groups is 1. The molecular weight excluding hydrogens is 330 g/mol. The second-order valence-corrected chi connectivity index (χ2v) is 5.87. The van der Waals surface area contributed by atoms with Gasteiger partial charge in [0.05, 0.1) is 5.71 Å². The molecule has 3 rings (SSSR count). The molecule has 0 aliphatic heterocycles. The van der Waals surface area contributed by atoms with E-state index in [1.54, 1.807) is 19.2 Å². The van der Waals surface area contributed by atoms with Gasteiger partial charge in [0.15, 0.2) is 0 Å². The standard InChI is InChI=1S/C18H19N7O/c1-10-5-6-21-16(7-10)23-17(26)15-9-13-8-12(3-4-14(13)22-15)11(2)24-25-18(19)20/h3-9,22H,1-2H3,(H4,19,20,25)(H,21,23,26)/b24-11+. The molecular formula is C18H19N7O. The zero-order valence-corrected chi connectivity index (χ0v) is 14.4. The first kappa shape index (κ1) is 17.2. The van der Waals surface area contributed by atoms with Crippen LogP contribution in [-0.4, -0.2) is 27.5 Å². The van der Waals surface area contributed by atoms with E-state index in [0.29, 0.717) is 17.2 Å². The molecule has 2 heterocycles. The van der Waals surface area contributed by atoms with Gasteiger partial charge in [-0.2, -0.15) is 5.10 Å². The monoisotopic (exact) mass is 349 g/mol. The van der Waals surface area contributed by atoms with Crippen molar-refractivity contribution in [2.75, 3.05) is 5.32 Å². The Morgan fingerprint density at radius 2 is 1.96 bits per heavy atom. The highest BCUT2D eigenvalue weighted by Gasteiger charge is 2.11. The molecule has 1 amide bonds. The molecule has 0 aliphatic rings. The Morgan fingerprint density at radius 3 is 2.69 bits per heavy atom. The van der Waals surface area contributed by atoms with Crippen molar-refractivity contribution in [1.29, 1.82) is 0 Å². The fraction of sp³-hybridized carbons (Fsp3) is 0.111. The van der Waals surface area contributed by atoms with Gasteiger partial charge < -0.3 is 21.8 Å². The molecule has 1 aromatic carbocycles. The van der Waals surface area contributed by atoms with Crippen molar-refractivity contribution in [3.05, 3.63) is 59.4 Å². The fourth-order valence-corrected chi connectivity index (χ4v) is 2.46. The second-order valence-electron chi connectivity index (χ2n) is 5.87. The summed E-state index contributed by atoms with van der Waals surface area (Å²) in [6, 6.07) is 11.1. The highest BCUT2D eigenvalue weighted by molar-refractivity contribution is 6.07. The lowest BCUT2D eigenvalue weighted by Crippen LogP contribution is -2.22. The lowest BCUT2D eigenvalue weighted by atomic mass is 10.1. The van der Waals surface area contributed by atoms with Crippen LogP contribution in [0.1, 0.15) is 28.5 Å². The van der Waals surface area contributed by atoms with Gasteiger partial charge >= 0.3 is 0 Å². The molecule has 0 unspecified atom stereocenters. The first-order valence-electron chi connectivity index (χ1n) is 7.93. The van der Waals surface area contributed by atoms with E-state index >= 15 is 0 Å². The number of rotatable bonds is 4. The third-order valence-corrected chi connectivity index (χ3v) is 3.76. The molecule has 6 N–H and O–H groups in total. The van der Waals surface area contributed by atoms with Gasteiger partial charge in [-0.3, -0.25) is 4.79 Å². The van der Waals surface area contributed by atoms with Crippen molar-refractivity contribution in [3.8, 4) is 0 Å². The van der Waals surface area contributed by atoms with Crippen molar-refractivity contribution in [2.45, 2.75) is 13.8 Å². The van der Waals surface area contributed by atoms with Crippen LogP contribution in [0.3, 0.4) is 0 Å². The van der Waals surface area contributed by atoms with Crippen molar-refractivity contribution in [2.24, 2.45) is 21.7 Å². The molecule has 26 heavy (non-hydrogen) atoms. The molecule has 0 bridgehead atoms. The summed E-state index contributed by atoms with van der Waals surface area (Å²) >= 11 is 0. The predicted octanol–water partition coefficient (Wildman–Crippen LogP) is 2.12. The summed E-state index contributed by atoms with van der Waals surface area (Å²) in [5.74, 6) is 0.150. The quantitative estimate of drug-likeness (QED) is 0.326. The van der Waals surface area contributed by atoms with Crippen LogP contribution in [-0.2, 0) is 0 Å². The Bertz CT molecular complexity index is 1030. The molecule has 0 radical (unpaired) electrons. The zero-order valence-electron chi connectivity index (χ0n) is 14.4. The fourth-order valence-electron chi connectivity index (χ4n) is 2.46. The normalized spacial score (nSPS) is 11.4. The summed E-state index contributed by atoms with van der Waals surface area (Å²) in [5, 5.41) is 11.3. The van der Waals surface area contributed by atoms with Crippen LogP contribution in [0.4, 0.5) is 5.82 Å². The molecule has 0 atom stereocenters. The van der Waals surface area contributed by atoms with Gasteiger partial charge in [0, 0.05) is 17.1 Å². The van der Waals surface area contributed by atoms with Crippen molar-refractivity contribution in [1.82, 2.24) is 9.97 Å². The van der Waals surface area contributed by atoms with Gasteiger partial charge in [-0.25, -0.2) is 4.98 Å².